The molecule has 1 aromatic carbocycles. The largest absolute Gasteiger partial charge is 0.481 e. The maximum absolute atomic E-state index is 14.1. The van der Waals surface area contributed by atoms with Gasteiger partial charge in [-0.1, -0.05) is 48.5 Å². The molecular formula is C34H46N6O6S. The summed E-state index contributed by atoms with van der Waals surface area (Å²) in [7, 11) is -3.01. The number of piperidine rings is 1. The number of aromatic amines is 1. The first-order valence-corrected chi connectivity index (χ1v) is 17.4. The second-order valence-corrected chi connectivity index (χ2v) is 16.1. The first-order valence-electron chi connectivity index (χ1n) is 16.2. The number of rotatable bonds is 7. The van der Waals surface area contributed by atoms with E-state index in [2.05, 4.69) is 69.3 Å². The van der Waals surface area contributed by atoms with Crippen molar-refractivity contribution in [3.8, 4) is 17.5 Å². The molecule has 3 unspecified atom stereocenters. The molecule has 5 rings (SSSR count). The number of esters is 1. The van der Waals surface area contributed by atoms with Crippen molar-refractivity contribution in [2.24, 2.45) is 34.5 Å². The van der Waals surface area contributed by atoms with Gasteiger partial charge >= 0.3 is 11.9 Å². The summed E-state index contributed by atoms with van der Waals surface area (Å²) in [5, 5.41) is 24.1. The van der Waals surface area contributed by atoms with Gasteiger partial charge in [-0.2, -0.15) is 5.26 Å². The lowest BCUT2D eigenvalue weighted by Gasteiger charge is -2.50. The Morgan fingerprint density at radius 2 is 1.79 bits per heavy atom. The number of H-pyrrole nitrogens is 1. The zero-order chi connectivity index (χ0) is 34.4. The second-order valence-electron chi connectivity index (χ2n) is 15.4. The highest BCUT2D eigenvalue weighted by Crippen LogP contribution is 2.50. The van der Waals surface area contributed by atoms with Crippen LogP contribution >= 0.6 is 0 Å². The number of carboxylic acids is 1. The molecule has 3 heterocycles. The lowest BCUT2D eigenvalue weighted by atomic mass is 9.59. The first-order chi connectivity index (χ1) is 22.0. The van der Waals surface area contributed by atoms with E-state index >= 15 is 0 Å². The molecule has 3 aromatic rings. The highest BCUT2D eigenvalue weighted by molar-refractivity contribution is 7.73. The fourth-order valence-corrected chi connectivity index (χ4v) is 7.83. The van der Waals surface area contributed by atoms with Crippen LogP contribution in [0.2, 0.25) is 0 Å². The van der Waals surface area contributed by atoms with Crippen molar-refractivity contribution in [3.05, 3.63) is 35.5 Å². The number of hydrogen-bond acceptors (Lipinski definition) is 8. The van der Waals surface area contributed by atoms with E-state index in [-0.39, 0.29) is 52.1 Å². The lowest BCUT2D eigenvalue weighted by molar-refractivity contribution is -0.141. The van der Waals surface area contributed by atoms with Gasteiger partial charge in [0.15, 0.2) is 5.82 Å². The number of hydrogen-bond donors (Lipinski definition) is 4. The van der Waals surface area contributed by atoms with Crippen molar-refractivity contribution < 1.29 is 27.9 Å². The quantitative estimate of drug-likeness (QED) is 0.182. The van der Waals surface area contributed by atoms with Crippen molar-refractivity contribution in [1.29, 1.82) is 5.26 Å². The van der Waals surface area contributed by atoms with Crippen LogP contribution in [0.4, 0.5) is 11.4 Å². The summed E-state index contributed by atoms with van der Waals surface area (Å²) in [6, 6.07) is 7.23. The normalized spacial score (nSPS) is 23.9. The molecule has 3 atom stereocenters. The average Bonchev–Trinajstić information content (AvgIpc) is 3.54. The number of thiol groups is 1. The predicted octanol–water partition coefficient (Wildman–Crippen LogP) is 5.72. The summed E-state index contributed by atoms with van der Waals surface area (Å²) >= 11 is 0. The number of carboxylic acid groups (broad SMARTS) is 1. The van der Waals surface area contributed by atoms with E-state index in [1.54, 1.807) is 18.2 Å². The van der Waals surface area contributed by atoms with Crippen LogP contribution in [0.25, 0.3) is 17.0 Å². The van der Waals surface area contributed by atoms with Crippen LogP contribution in [0.15, 0.2) is 24.4 Å². The number of ether oxygens (including phenoxy) is 1. The van der Waals surface area contributed by atoms with Crippen molar-refractivity contribution in [2.45, 2.75) is 80.3 Å². The number of nitriles is 1. The van der Waals surface area contributed by atoms with Gasteiger partial charge in [0.05, 0.1) is 22.9 Å². The lowest BCUT2D eigenvalue weighted by Crippen LogP contribution is -2.49. The maximum Gasteiger partial charge on any atom is 0.343 e. The van der Waals surface area contributed by atoms with Crippen molar-refractivity contribution >= 4 is 39.9 Å². The average molecular weight is 667 g/mol. The molecule has 1 saturated carbocycles. The Labute approximate surface area is 277 Å². The third-order valence-electron chi connectivity index (χ3n) is 9.92. The van der Waals surface area contributed by atoms with E-state index in [1.165, 1.54) is 10.7 Å². The minimum atomic E-state index is -3.01. The topological polar surface area (TPSA) is 170 Å². The Hall–Kier alpha value is -4.05. The van der Waals surface area contributed by atoms with Gasteiger partial charge in [0.25, 0.3) is 0 Å². The molecule has 2 aliphatic rings. The number of nitrogens with one attached hydrogen (secondary N) is 2. The molecule has 47 heavy (non-hydrogen) atoms. The molecule has 12 nitrogen and oxygen atoms in total. The molecule has 13 heteroatoms. The molecule has 254 valence electrons. The number of carbonyl (C=O) groups excluding carboxylic acids is 1. The van der Waals surface area contributed by atoms with Crippen LogP contribution in [-0.4, -0.2) is 59.3 Å². The van der Waals surface area contributed by atoms with Crippen LogP contribution < -0.4 is 9.62 Å². The molecule has 0 spiro atoms. The van der Waals surface area contributed by atoms with E-state index < -0.39 is 28.7 Å². The molecule has 0 radical (unpaired) electrons. The van der Waals surface area contributed by atoms with Crippen molar-refractivity contribution in [3.63, 3.8) is 0 Å². The molecule has 1 aliphatic heterocycles. The Morgan fingerprint density at radius 3 is 2.36 bits per heavy atom. The second kappa shape index (κ2) is 12.9. The molecule has 1 saturated heterocycles. The Kier molecular flexibility index (Phi) is 9.38. The van der Waals surface area contributed by atoms with Crippen LogP contribution in [0.5, 0.6) is 0 Å². The molecular weight excluding hydrogens is 620 g/mol. The number of nitrogens with zero attached hydrogens (tertiary/aromatic N) is 4. The number of fused-ring (bicyclic) bond motifs is 1. The standard InChI is InChI=1S/C34H46N6O6S/c1-19-13-23(33(2,3)4)28(24(14-19)34(5,6)7)46-32(43)27-22(16-35)18-40-30(27)36-29(37-40)20-10-11-26(25(15-20)38-47(44)45)39-12-8-9-21(17-39)31(41)42/h10-11,15,18-19,21,23-24,28,47H,8-9,12-14,17H2,1-7H3,(H,36,37)(H,41,42)(H,38,44,45). The van der Waals surface area contributed by atoms with Crippen LogP contribution in [0.3, 0.4) is 0 Å². The van der Waals surface area contributed by atoms with E-state index in [4.69, 9.17) is 4.74 Å². The van der Waals surface area contributed by atoms with Crippen LogP contribution in [0.1, 0.15) is 90.1 Å². The summed E-state index contributed by atoms with van der Waals surface area (Å²) in [6.07, 6.45) is 4.25. The Morgan fingerprint density at radius 1 is 1.13 bits per heavy atom. The minimum Gasteiger partial charge on any atom is -0.481 e. The fraction of sp³-hybridized carbons (Fsp3) is 0.588. The molecule has 2 aromatic heterocycles. The molecule has 3 N–H and O–H groups in total. The molecule has 2 fully saturated rings. The summed E-state index contributed by atoms with van der Waals surface area (Å²) in [5.74, 6) is -0.918. The van der Waals surface area contributed by atoms with Gasteiger partial charge in [0, 0.05) is 36.7 Å². The number of aromatic nitrogens is 3. The van der Waals surface area contributed by atoms with Gasteiger partial charge < -0.3 is 19.7 Å². The Bertz CT molecular complexity index is 1760. The summed E-state index contributed by atoms with van der Waals surface area (Å²) < 4.78 is 33.9. The van der Waals surface area contributed by atoms with Crippen LogP contribution in [-0.2, 0) is 20.4 Å². The first kappa shape index (κ1) is 34.3. The van der Waals surface area contributed by atoms with Gasteiger partial charge in [0.2, 0.25) is 10.9 Å². The molecule has 1 aliphatic carbocycles. The SMILES string of the molecule is CC1CC(C(C)(C)C)C(OC(=O)c2c(C#N)cn3nc(-c4ccc(N5CCCC(C(=O)O)C5)c(N[SH](=O)=O)c4)[nH]c23)C(C(C)(C)C)C1. The summed E-state index contributed by atoms with van der Waals surface area (Å²) in [4.78, 5) is 30.7. The smallest absolute Gasteiger partial charge is 0.343 e. The number of aliphatic carboxylic acids is 1. The monoisotopic (exact) mass is 666 g/mol. The van der Waals surface area contributed by atoms with Gasteiger partial charge in [0.1, 0.15) is 23.4 Å². The minimum absolute atomic E-state index is 0.104. The van der Waals surface area contributed by atoms with Gasteiger partial charge in [-0.05, 0) is 60.6 Å². The Balaban J connectivity index is 1.51. The van der Waals surface area contributed by atoms with E-state index in [1.807, 2.05) is 4.90 Å². The summed E-state index contributed by atoms with van der Waals surface area (Å²) in [5.41, 5.74) is 1.73. The van der Waals surface area contributed by atoms with E-state index in [0.717, 1.165) is 12.8 Å². The highest BCUT2D eigenvalue weighted by atomic mass is 32.2. The van der Waals surface area contributed by atoms with Crippen molar-refractivity contribution in [1.82, 2.24) is 14.6 Å². The molecule has 0 bridgehead atoms. The van der Waals surface area contributed by atoms with E-state index in [0.29, 0.717) is 48.0 Å². The zero-order valence-electron chi connectivity index (χ0n) is 28.2. The van der Waals surface area contributed by atoms with Gasteiger partial charge in [-0.15, -0.1) is 5.10 Å². The third-order valence-corrected chi connectivity index (χ3v) is 10.3. The zero-order valence-corrected chi connectivity index (χ0v) is 29.1. The maximum atomic E-state index is 14.1. The van der Waals surface area contributed by atoms with Crippen LogP contribution in [0, 0.1) is 45.8 Å². The van der Waals surface area contributed by atoms with E-state index in [9.17, 15) is 28.4 Å². The highest BCUT2D eigenvalue weighted by Gasteiger charge is 2.48. The number of benzene rings is 1. The van der Waals surface area contributed by atoms with Gasteiger partial charge in [-0.25, -0.2) is 17.7 Å². The number of anilines is 2. The van der Waals surface area contributed by atoms with Crippen molar-refractivity contribution in [2.75, 3.05) is 22.7 Å². The number of carbonyl (C=O) groups is 2. The van der Waals surface area contributed by atoms with Gasteiger partial charge in [-0.3, -0.25) is 9.52 Å². The third kappa shape index (κ3) is 7.12. The fourth-order valence-electron chi connectivity index (χ4n) is 7.45. The molecule has 0 amide bonds. The summed E-state index contributed by atoms with van der Waals surface area (Å²) in [6.45, 7) is 16.2. The predicted molar refractivity (Wildman–Crippen MR) is 180 cm³/mol.